The van der Waals surface area contributed by atoms with Crippen LogP contribution >= 0.6 is 0 Å². The van der Waals surface area contributed by atoms with E-state index in [-0.39, 0.29) is 5.75 Å². The molecule has 0 saturated carbocycles. The topological polar surface area (TPSA) is 61.2 Å². The summed E-state index contributed by atoms with van der Waals surface area (Å²) in [6.45, 7) is 0.386. The summed E-state index contributed by atoms with van der Waals surface area (Å²) >= 11 is 0. The van der Waals surface area contributed by atoms with Gasteiger partial charge in [0, 0.05) is 19.8 Å². The summed E-state index contributed by atoms with van der Waals surface area (Å²) in [4.78, 5) is 1.78. The molecule has 0 amide bonds. The summed E-state index contributed by atoms with van der Waals surface area (Å²) < 4.78 is 22.1. The van der Waals surface area contributed by atoms with Crippen molar-refractivity contribution in [3.63, 3.8) is 0 Å². The number of para-hydroxylation sites is 1. The first-order valence-electron chi connectivity index (χ1n) is 4.82. The largest absolute Gasteiger partial charge is 0.373 e. The number of nitriles is 1. The lowest BCUT2D eigenvalue weighted by Gasteiger charge is -2.19. The van der Waals surface area contributed by atoms with Gasteiger partial charge in [-0.3, -0.25) is 0 Å². The fourth-order valence-corrected chi connectivity index (χ4v) is 1.93. The Balaban J connectivity index is 2.81. The number of nitrogens with zero attached hydrogens (tertiary/aromatic N) is 2. The van der Waals surface area contributed by atoms with E-state index < -0.39 is 9.84 Å². The maximum absolute atomic E-state index is 11.0. The average molecular weight is 238 g/mol. The molecule has 0 atom stereocenters. The Hall–Kier alpha value is -1.54. The zero-order valence-electron chi connectivity index (χ0n) is 9.34. The minimum absolute atomic E-state index is 0.0866. The van der Waals surface area contributed by atoms with Crippen molar-refractivity contribution in [1.29, 1.82) is 5.26 Å². The Morgan fingerprint density at radius 3 is 2.56 bits per heavy atom. The molecular weight excluding hydrogens is 224 g/mol. The molecule has 86 valence electrons. The van der Waals surface area contributed by atoms with Crippen LogP contribution in [0.5, 0.6) is 0 Å². The maximum atomic E-state index is 11.0. The minimum Gasteiger partial charge on any atom is -0.373 e. The quantitative estimate of drug-likeness (QED) is 0.786. The van der Waals surface area contributed by atoms with Crippen LogP contribution in [-0.4, -0.2) is 34.0 Å². The molecular formula is C11H14N2O2S. The third kappa shape index (κ3) is 3.55. The van der Waals surface area contributed by atoms with Gasteiger partial charge in [0.05, 0.1) is 17.0 Å². The van der Waals surface area contributed by atoms with Gasteiger partial charge in [-0.05, 0) is 12.1 Å². The van der Waals surface area contributed by atoms with E-state index in [1.165, 1.54) is 6.26 Å². The van der Waals surface area contributed by atoms with Gasteiger partial charge in [0.2, 0.25) is 0 Å². The van der Waals surface area contributed by atoms with Crippen LogP contribution in [0.3, 0.4) is 0 Å². The van der Waals surface area contributed by atoms with Gasteiger partial charge in [-0.25, -0.2) is 8.42 Å². The Kier molecular flexibility index (Phi) is 3.91. The lowest BCUT2D eigenvalue weighted by molar-refractivity contribution is 0.601. The van der Waals surface area contributed by atoms with Crippen LogP contribution < -0.4 is 4.90 Å². The molecule has 0 unspecified atom stereocenters. The summed E-state index contributed by atoms with van der Waals surface area (Å²) in [5.41, 5.74) is 1.31. The second kappa shape index (κ2) is 4.99. The molecule has 0 spiro atoms. The van der Waals surface area contributed by atoms with Crippen molar-refractivity contribution in [2.75, 3.05) is 30.5 Å². The number of hydrogen-bond donors (Lipinski definition) is 0. The van der Waals surface area contributed by atoms with Gasteiger partial charge in [-0.1, -0.05) is 12.1 Å². The molecule has 0 N–H and O–H groups in total. The molecule has 0 bridgehead atoms. The highest BCUT2D eigenvalue weighted by Crippen LogP contribution is 2.17. The van der Waals surface area contributed by atoms with Gasteiger partial charge in [0.1, 0.15) is 15.9 Å². The van der Waals surface area contributed by atoms with Gasteiger partial charge < -0.3 is 4.90 Å². The Bertz CT molecular complexity index is 503. The molecule has 0 fully saturated rings. The van der Waals surface area contributed by atoms with Crippen molar-refractivity contribution in [2.45, 2.75) is 0 Å². The third-order valence-electron chi connectivity index (χ3n) is 2.23. The van der Waals surface area contributed by atoms with Gasteiger partial charge in [0.15, 0.2) is 0 Å². The van der Waals surface area contributed by atoms with Crippen LogP contribution in [0.1, 0.15) is 5.56 Å². The van der Waals surface area contributed by atoms with Crippen molar-refractivity contribution < 1.29 is 8.42 Å². The molecule has 1 rings (SSSR count). The molecule has 0 saturated heterocycles. The zero-order chi connectivity index (χ0) is 12.2. The summed E-state index contributed by atoms with van der Waals surface area (Å²) in [6.07, 6.45) is 1.21. The normalized spacial score (nSPS) is 10.8. The molecule has 16 heavy (non-hydrogen) atoms. The van der Waals surface area contributed by atoms with Gasteiger partial charge in [0.25, 0.3) is 0 Å². The van der Waals surface area contributed by atoms with E-state index in [1.807, 2.05) is 6.07 Å². The molecule has 1 aromatic rings. The van der Waals surface area contributed by atoms with Crippen LogP contribution in [0.2, 0.25) is 0 Å². The first kappa shape index (κ1) is 12.5. The van der Waals surface area contributed by atoms with E-state index in [9.17, 15) is 8.42 Å². The predicted molar refractivity (Wildman–Crippen MR) is 64.1 cm³/mol. The fraction of sp³-hybridized carbons (Fsp3) is 0.364. The van der Waals surface area contributed by atoms with Crippen molar-refractivity contribution >= 4 is 15.5 Å². The molecule has 0 aliphatic heterocycles. The zero-order valence-corrected chi connectivity index (χ0v) is 10.2. The van der Waals surface area contributed by atoms with Crippen LogP contribution in [0.4, 0.5) is 5.69 Å². The van der Waals surface area contributed by atoms with E-state index >= 15 is 0 Å². The lowest BCUT2D eigenvalue weighted by Crippen LogP contribution is -2.25. The molecule has 0 heterocycles. The molecule has 0 aliphatic carbocycles. The molecule has 0 radical (unpaired) electrons. The number of sulfone groups is 1. The highest BCUT2D eigenvalue weighted by Gasteiger charge is 2.09. The van der Waals surface area contributed by atoms with E-state index in [0.29, 0.717) is 12.1 Å². The second-order valence-electron chi connectivity index (χ2n) is 3.68. The van der Waals surface area contributed by atoms with Crippen molar-refractivity contribution in [3.8, 4) is 6.07 Å². The fourth-order valence-electron chi connectivity index (χ4n) is 1.32. The van der Waals surface area contributed by atoms with E-state index in [4.69, 9.17) is 5.26 Å². The molecule has 1 aromatic carbocycles. The second-order valence-corrected chi connectivity index (χ2v) is 5.94. The first-order valence-corrected chi connectivity index (χ1v) is 6.88. The van der Waals surface area contributed by atoms with E-state index in [2.05, 4.69) is 6.07 Å². The van der Waals surface area contributed by atoms with E-state index in [1.54, 1.807) is 30.1 Å². The summed E-state index contributed by atoms with van der Waals surface area (Å²) in [6, 6.07) is 9.21. The van der Waals surface area contributed by atoms with Crippen LogP contribution in [0, 0.1) is 11.3 Å². The molecule has 4 nitrogen and oxygen atoms in total. The summed E-state index contributed by atoms with van der Waals surface area (Å²) in [5.74, 6) is 0.0866. The van der Waals surface area contributed by atoms with Crippen molar-refractivity contribution in [1.82, 2.24) is 0 Å². The maximum Gasteiger partial charge on any atom is 0.149 e. The summed E-state index contributed by atoms with van der Waals surface area (Å²) in [5, 5.41) is 8.90. The van der Waals surface area contributed by atoms with Gasteiger partial charge in [-0.15, -0.1) is 0 Å². The predicted octanol–water partition coefficient (Wildman–Crippen LogP) is 1.04. The standard InChI is InChI=1S/C11H14N2O2S/c1-13(7-8-16(2,14)15)11-6-4-3-5-10(11)9-12/h3-6H,7-8H2,1-2H3. The van der Waals surface area contributed by atoms with Crippen molar-refractivity contribution in [2.24, 2.45) is 0 Å². The van der Waals surface area contributed by atoms with Crippen molar-refractivity contribution in [3.05, 3.63) is 29.8 Å². The highest BCUT2D eigenvalue weighted by atomic mass is 32.2. The van der Waals surface area contributed by atoms with Gasteiger partial charge >= 0.3 is 0 Å². The first-order chi connectivity index (χ1) is 7.44. The SMILES string of the molecule is CN(CCS(C)(=O)=O)c1ccccc1C#N. The molecule has 0 aromatic heterocycles. The lowest BCUT2D eigenvalue weighted by atomic mass is 10.2. The Morgan fingerprint density at radius 2 is 2.00 bits per heavy atom. The third-order valence-corrected chi connectivity index (χ3v) is 3.16. The number of rotatable bonds is 4. The monoisotopic (exact) mass is 238 g/mol. The van der Waals surface area contributed by atoms with Crippen LogP contribution in [0.15, 0.2) is 24.3 Å². The van der Waals surface area contributed by atoms with Crippen LogP contribution in [-0.2, 0) is 9.84 Å². The van der Waals surface area contributed by atoms with Gasteiger partial charge in [-0.2, -0.15) is 5.26 Å². The molecule has 5 heteroatoms. The smallest absolute Gasteiger partial charge is 0.149 e. The Morgan fingerprint density at radius 1 is 1.38 bits per heavy atom. The number of benzene rings is 1. The highest BCUT2D eigenvalue weighted by molar-refractivity contribution is 7.90. The number of hydrogen-bond acceptors (Lipinski definition) is 4. The summed E-state index contributed by atoms with van der Waals surface area (Å²) in [7, 11) is -1.19. The van der Waals surface area contributed by atoms with Crippen LogP contribution in [0.25, 0.3) is 0 Å². The molecule has 0 aliphatic rings. The van der Waals surface area contributed by atoms with E-state index in [0.717, 1.165) is 5.69 Å². The Labute approximate surface area is 96.0 Å². The number of anilines is 1. The minimum atomic E-state index is -2.97. The average Bonchev–Trinajstić information content (AvgIpc) is 2.25.